The molecule has 4 rings (SSSR count). The first-order valence-electron chi connectivity index (χ1n) is 8.70. The molecule has 1 amide bonds. The Morgan fingerprint density at radius 2 is 1.93 bits per heavy atom. The number of pyridine rings is 1. The van der Waals surface area contributed by atoms with Gasteiger partial charge in [-0.25, -0.2) is 4.98 Å². The van der Waals surface area contributed by atoms with Gasteiger partial charge in [-0.2, -0.15) is 0 Å². The summed E-state index contributed by atoms with van der Waals surface area (Å²) in [5.41, 5.74) is 3.42. The minimum atomic E-state index is -0.196. The SMILES string of the molecule is Cc1c(-c2ccc(Cl)cc2Cl)nc2ccccc2c1C(=O)NCc1ccco1. The smallest absolute Gasteiger partial charge is 0.252 e. The fourth-order valence-electron chi connectivity index (χ4n) is 3.21. The van der Waals surface area contributed by atoms with Crippen LogP contribution in [0, 0.1) is 6.92 Å². The highest BCUT2D eigenvalue weighted by Gasteiger charge is 2.20. The summed E-state index contributed by atoms with van der Waals surface area (Å²) in [6, 6.07) is 16.4. The molecule has 0 atom stereocenters. The molecule has 0 fully saturated rings. The van der Waals surface area contributed by atoms with Crippen molar-refractivity contribution in [3.05, 3.63) is 87.8 Å². The fraction of sp³-hybridized carbons (Fsp3) is 0.0909. The molecule has 0 bridgehead atoms. The molecule has 0 aliphatic heterocycles. The summed E-state index contributed by atoms with van der Waals surface area (Å²) < 4.78 is 5.30. The van der Waals surface area contributed by atoms with E-state index in [1.54, 1.807) is 24.5 Å². The third-order valence-corrected chi connectivity index (χ3v) is 5.10. The zero-order valence-corrected chi connectivity index (χ0v) is 16.5. The van der Waals surface area contributed by atoms with Crippen molar-refractivity contribution < 1.29 is 9.21 Å². The maximum Gasteiger partial charge on any atom is 0.252 e. The summed E-state index contributed by atoms with van der Waals surface area (Å²) in [5.74, 6) is 0.490. The number of nitrogens with one attached hydrogen (secondary N) is 1. The second-order valence-electron chi connectivity index (χ2n) is 6.36. The summed E-state index contributed by atoms with van der Waals surface area (Å²) in [6.45, 7) is 2.18. The van der Waals surface area contributed by atoms with Crippen LogP contribution in [0.3, 0.4) is 0 Å². The number of nitrogens with zero attached hydrogens (tertiary/aromatic N) is 1. The zero-order chi connectivity index (χ0) is 19.7. The van der Waals surface area contributed by atoms with E-state index in [2.05, 4.69) is 5.32 Å². The number of carbonyl (C=O) groups is 1. The molecule has 0 spiro atoms. The predicted molar refractivity (Wildman–Crippen MR) is 112 cm³/mol. The van der Waals surface area contributed by atoms with Gasteiger partial charge in [0.1, 0.15) is 5.76 Å². The summed E-state index contributed by atoms with van der Waals surface area (Å²) in [5, 5.41) is 4.74. The quantitative estimate of drug-likeness (QED) is 0.446. The highest BCUT2D eigenvalue weighted by atomic mass is 35.5. The number of amides is 1. The van der Waals surface area contributed by atoms with Gasteiger partial charge >= 0.3 is 0 Å². The van der Waals surface area contributed by atoms with Crippen LogP contribution in [0.4, 0.5) is 0 Å². The minimum Gasteiger partial charge on any atom is -0.467 e. The lowest BCUT2D eigenvalue weighted by Crippen LogP contribution is -2.24. The molecule has 28 heavy (non-hydrogen) atoms. The number of rotatable bonds is 4. The van der Waals surface area contributed by atoms with Crippen LogP contribution in [0.25, 0.3) is 22.2 Å². The van der Waals surface area contributed by atoms with Crippen LogP contribution in [0.5, 0.6) is 0 Å². The van der Waals surface area contributed by atoms with Gasteiger partial charge in [0.2, 0.25) is 0 Å². The summed E-state index contributed by atoms with van der Waals surface area (Å²) >= 11 is 12.4. The van der Waals surface area contributed by atoms with Crippen LogP contribution in [0.15, 0.2) is 65.3 Å². The van der Waals surface area contributed by atoms with Gasteiger partial charge in [0, 0.05) is 16.0 Å². The Morgan fingerprint density at radius 1 is 1.11 bits per heavy atom. The van der Waals surface area contributed by atoms with Crippen molar-refractivity contribution >= 4 is 40.0 Å². The summed E-state index contributed by atoms with van der Waals surface area (Å²) in [4.78, 5) is 17.8. The molecule has 0 saturated carbocycles. The van der Waals surface area contributed by atoms with Gasteiger partial charge in [0.15, 0.2) is 0 Å². The van der Waals surface area contributed by atoms with Crippen LogP contribution < -0.4 is 5.32 Å². The van der Waals surface area contributed by atoms with Gasteiger partial charge in [-0.3, -0.25) is 4.79 Å². The van der Waals surface area contributed by atoms with Gasteiger partial charge in [-0.15, -0.1) is 0 Å². The molecule has 2 heterocycles. The third-order valence-electron chi connectivity index (χ3n) is 4.55. The second kappa shape index (κ2) is 7.66. The number of hydrogen-bond acceptors (Lipinski definition) is 3. The molecule has 4 nitrogen and oxygen atoms in total. The van der Waals surface area contributed by atoms with Gasteiger partial charge in [0.05, 0.1) is 34.6 Å². The normalized spacial score (nSPS) is 11.0. The maximum atomic E-state index is 13.1. The Kier molecular flexibility index (Phi) is 5.07. The van der Waals surface area contributed by atoms with Crippen LogP contribution in [-0.4, -0.2) is 10.9 Å². The first kappa shape index (κ1) is 18.5. The molecule has 1 N–H and O–H groups in total. The van der Waals surface area contributed by atoms with Crippen molar-refractivity contribution in [3.8, 4) is 11.3 Å². The second-order valence-corrected chi connectivity index (χ2v) is 7.21. The van der Waals surface area contributed by atoms with Crippen molar-refractivity contribution in [2.24, 2.45) is 0 Å². The standard InChI is InChI=1S/C22H16Cl2N2O2/c1-13-20(22(27)25-12-15-5-4-10-28-15)17-6-2-3-7-19(17)26-21(13)16-9-8-14(23)11-18(16)24/h2-11H,12H2,1H3,(H,25,27). The monoisotopic (exact) mass is 410 g/mol. The van der Waals surface area contributed by atoms with E-state index in [4.69, 9.17) is 32.6 Å². The van der Waals surface area contributed by atoms with E-state index < -0.39 is 0 Å². The first-order valence-corrected chi connectivity index (χ1v) is 9.45. The molecule has 4 aromatic rings. The van der Waals surface area contributed by atoms with Gasteiger partial charge in [-0.1, -0.05) is 41.4 Å². The van der Waals surface area contributed by atoms with Crippen LogP contribution in [0.1, 0.15) is 21.7 Å². The lowest BCUT2D eigenvalue weighted by Gasteiger charge is -2.15. The molecule has 0 aliphatic rings. The maximum absolute atomic E-state index is 13.1. The third kappa shape index (κ3) is 3.49. The number of carbonyl (C=O) groups excluding carboxylic acids is 1. The lowest BCUT2D eigenvalue weighted by molar-refractivity contribution is 0.0949. The Labute approximate surface area is 172 Å². The number of benzene rings is 2. The van der Waals surface area contributed by atoms with Crippen LogP contribution in [-0.2, 0) is 6.54 Å². The van der Waals surface area contributed by atoms with E-state index >= 15 is 0 Å². The highest BCUT2D eigenvalue weighted by Crippen LogP contribution is 2.34. The number of furan rings is 1. The molecule has 2 aromatic heterocycles. The summed E-state index contributed by atoms with van der Waals surface area (Å²) in [7, 11) is 0. The van der Waals surface area contributed by atoms with Crippen LogP contribution >= 0.6 is 23.2 Å². The van der Waals surface area contributed by atoms with Gasteiger partial charge in [-0.05, 0) is 48.9 Å². The molecular formula is C22H16Cl2N2O2. The summed E-state index contributed by atoms with van der Waals surface area (Å²) in [6.07, 6.45) is 1.58. The van der Waals surface area contributed by atoms with E-state index in [1.165, 1.54) is 0 Å². The average molecular weight is 411 g/mol. The number of para-hydroxylation sites is 1. The Balaban J connectivity index is 1.84. The minimum absolute atomic E-state index is 0.196. The predicted octanol–water partition coefficient (Wildman–Crippen LogP) is 6.04. The number of hydrogen-bond donors (Lipinski definition) is 1. The Bertz CT molecular complexity index is 1170. The molecule has 0 saturated heterocycles. The van der Waals surface area contributed by atoms with Crippen molar-refractivity contribution in [1.82, 2.24) is 10.3 Å². The topological polar surface area (TPSA) is 55.1 Å². The van der Waals surface area contributed by atoms with E-state index in [0.717, 1.165) is 22.0 Å². The number of fused-ring (bicyclic) bond motifs is 1. The molecule has 0 aliphatic carbocycles. The fourth-order valence-corrected chi connectivity index (χ4v) is 3.71. The molecule has 2 aromatic carbocycles. The number of aromatic nitrogens is 1. The van der Waals surface area contributed by atoms with Crippen molar-refractivity contribution in [2.75, 3.05) is 0 Å². The van der Waals surface area contributed by atoms with E-state index in [-0.39, 0.29) is 5.91 Å². The van der Waals surface area contributed by atoms with E-state index in [1.807, 2.05) is 43.3 Å². The Hall–Kier alpha value is -2.82. The van der Waals surface area contributed by atoms with Crippen LogP contribution in [0.2, 0.25) is 10.0 Å². The van der Waals surface area contributed by atoms with Gasteiger partial charge < -0.3 is 9.73 Å². The first-order chi connectivity index (χ1) is 13.5. The van der Waals surface area contributed by atoms with E-state index in [0.29, 0.717) is 33.6 Å². The molecule has 6 heteroatoms. The molecule has 0 unspecified atom stereocenters. The largest absolute Gasteiger partial charge is 0.467 e. The molecule has 0 radical (unpaired) electrons. The Morgan fingerprint density at radius 3 is 2.68 bits per heavy atom. The molecular weight excluding hydrogens is 395 g/mol. The highest BCUT2D eigenvalue weighted by molar-refractivity contribution is 6.36. The average Bonchev–Trinajstić information content (AvgIpc) is 3.20. The van der Waals surface area contributed by atoms with E-state index in [9.17, 15) is 4.79 Å². The van der Waals surface area contributed by atoms with Crippen molar-refractivity contribution in [3.63, 3.8) is 0 Å². The van der Waals surface area contributed by atoms with Gasteiger partial charge in [0.25, 0.3) is 5.91 Å². The van der Waals surface area contributed by atoms with Crippen molar-refractivity contribution in [2.45, 2.75) is 13.5 Å². The molecule has 140 valence electrons. The zero-order valence-electron chi connectivity index (χ0n) is 15.0. The number of halogens is 2. The van der Waals surface area contributed by atoms with Crippen molar-refractivity contribution in [1.29, 1.82) is 0 Å². The lowest BCUT2D eigenvalue weighted by atomic mass is 9.97.